The van der Waals surface area contributed by atoms with E-state index in [0.717, 1.165) is 0 Å². The number of rotatable bonds is 7. The van der Waals surface area contributed by atoms with E-state index in [1.807, 2.05) is 0 Å². The molecule has 0 bridgehead atoms. The highest BCUT2D eigenvalue weighted by Crippen LogP contribution is 2.58. The van der Waals surface area contributed by atoms with Gasteiger partial charge in [0.1, 0.15) is 18.1 Å². The molecule has 1 amide bonds. The van der Waals surface area contributed by atoms with Crippen molar-refractivity contribution in [1.29, 1.82) is 0 Å². The number of carbonyl (C=O) groups excluding carboxylic acids is 1. The van der Waals surface area contributed by atoms with Gasteiger partial charge in [-0.3, -0.25) is 9.10 Å². The second kappa shape index (κ2) is 7.11. The molecule has 0 unspecified atom stereocenters. The second-order valence-corrected chi connectivity index (χ2v) is 9.22. The van der Waals surface area contributed by atoms with Gasteiger partial charge in [-0.2, -0.15) is 0 Å². The molecule has 0 spiro atoms. The normalized spacial score (nSPS) is 23.8. The number of methoxy groups -OCH3 is 1. The van der Waals surface area contributed by atoms with Crippen LogP contribution in [0.3, 0.4) is 0 Å². The van der Waals surface area contributed by atoms with Gasteiger partial charge in [0, 0.05) is 18.2 Å². The summed E-state index contributed by atoms with van der Waals surface area (Å²) in [5.74, 6) is 0.580. The average molecular weight is 414 g/mol. The van der Waals surface area contributed by atoms with E-state index in [9.17, 15) is 13.2 Å². The molecule has 1 N–H and O–H groups in total. The van der Waals surface area contributed by atoms with Gasteiger partial charge in [-0.05, 0) is 55.0 Å². The first kappa shape index (κ1) is 19.3. The van der Waals surface area contributed by atoms with Crippen LogP contribution in [0.1, 0.15) is 6.42 Å². The molecule has 2 atom stereocenters. The molecule has 0 aromatic heterocycles. The lowest BCUT2D eigenvalue weighted by atomic mass is 10.2. The van der Waals surface area contributed by atoms with E-state index in [-0.39, 0.29) is 5.92 Å². The van der Waals surface area contributed by atoms with Gasteiger partial charge in [0.25, 0.3) is 0 Å². The fraction of sp³-hybridized carbons (Fsp3) is 0.286. The first-order chi connectivity index (χ1) is 13.9. The first-order valence-corrected chi connectivity index (χ1v) is 10.7. The van der Waals surface area contributed by atoms with Crippen molar-refractivity contribution >= 4 is 27.3 Å². The molecule has 8 heteroatoms. The molecular formula is C21H22N2O5S. The molecule has 2 aromatic carbocycles. The lowest BCUT2D eigenvalue weighted by molar-refractivity contribution is -0.116. The zero-order valence-electron chi connectivity index (χ0n) is 16.0. The predicted octanol–water partition coefficient (Wildman–Crippen LogP) is 2.81. The molecular weight excluding hydrogens is 392 g/mol. The molecule has 4 rings (SSSR count). The number of ether oxygens (including phenoxy) is 2. The summed E-state index contributed by atoms with van der Waals surface area (Å²) in [6, 6.07) is 13.6. The van der Waals surface area contributed by atoms with Crippen molar-refractivity contribution in [2.75, 3.05) is 29.9 Å². The maximum atomic E-state index is 13.2. The Labute approximate surface area is 170 Å². The summed E-state index contributed by atoms with van der Waals surface area (Å²) in [7, 11) is -2.27. The smallest absolute Gasteiger partial charge is 0.250 e. The van der Waals surface area contributed by atoms with Crippen LogP contribution in [0.5, 0.6) is 11.5 Å². The fourth-order valence-electron chi connectivity index (χ4n) is 3.74. The number of benzene rings is 2. The Hall–Kier alpha value is -3.00. The standard InChI is InChI=1S/C21H22N2O5S/c1-3-12-28-19-8-4-16(5-9-19)22-20(24)21-13-15(21)14-23(29(21,25)26)17-6-10-18(27-2)11-7-17/h3-11,15H,1,12-14H2,2H3,(H,22,24)/t15-,21-/m0/s1. The minimum Gasteiger partial charge on any atom is -0.497 e. The van der Waals surface area contributed by atoms with Crippen LogP contribution in [0.25, 0.3) is 0 Å². The molecule has 1 saturated carbocycles. The number of nitrogens with zero attached hydrogens (tertiary/aromatic N) is 1. The number of carbonyl (C=O) groups is 1. The number of hydrogen-bond donors (Lipinski definition) is 1. The highest BCUT2D eigenvalue weighted by atomic mass is 32.2. The van der Waals surface area contributed by atoms with Crippen LogP contribution in [0.15, 0.2) is 61.2 Å². The van der Waals surface area contributed by atoms with E-state index < -0.39 is 20.7 Å². The average Bonchev–Trinajstić information content (AvgIpc) is 3.43. The van der Waals surface area contributed by atoms with Gasteiger partial charge < -0.3 is 14.8 Å². The minimum absolute atomic E-state index is 0.218. The van der Waals surface area contributed by atoms with Gasteiger partial charge in [0.05, 0.1) is 12.8 Å². The van der Waals surface area contributed by atoms with Gasteiger partial charge in [-0.15, -0.1) is 0 Å². The molecule has 1 heterocycles. The summed E-state index contributed by atoms with van der Waals surface area (Å²) >= 11 is 0. The van der Waals surface area contributed by atoms with Crippen molar-refractivity contribution in [3.05, 3.63) is 61.2 Å². The Kier molecular flexibility index (Phi) is 4.74. The van der Waals surface area contributed by atoms with Crippen molar-refractivity contribution in [2.24, 2.45) is 5.92 Å². The van der Waals surface area contributed by atoms with Crippen LogP contribution < -0.4 is 19.1 Å². The SMILES string of the molecule is C=CCOc1ccc(NC(=O)[C@]23C[C@H]2CN(c2ccc(OC)cc2)S3(=O)=O)cc1. The molecule has 2 fully saturated rings. The summed E-state index contributed by atoms with van der Waals surface area (Å²) in [5.41, 5.74) is 1.06. The van der Waals surface area contributed by atoms with E-state index >= 15 is 0 Å². The van der Waals surface area contributed by atoms with Crippen LogP contribution in [0.4, 0.5) is 11.4 Å². The number of amides is 1. The summed E-state index contributed by atoms with van der Waals surface area (Å²) in [5, 5.41) is 2.75. The molecule has 29 heavy (non-hydrogen) atoms. The van der Waals surface area contributed by atoms with Crippen LogP contribution in [0, 0.1) is 5.92 Å². The number of fused-ring (bicyclic) bond motifs is 1. The predicted molar refractivity (Wildman–Crippen MR) is 111 cm³/mol. The van der Waals surface area contributed by atoms with Crippen molar-refractivity contribution in [3.8, 4) is 11.5 Å². The van der Waals surface area contributed by atoms with Crippen molar-refractivity contribution < 1.29 is 22.7 Å². The fourth-order valence-corrected chi connectivity index (χ4v) is 6.11. The van der Waals surface area contributed by atoms with Gasteiger partial charge in [0.15, 0.2) is 4.75 Å². The largest absolute Gasteiger partial charge is 0.497 e. The lowest BCUT2D eigenvalue weighted by Crippen LogP contribution is -2.42. The molecule has 1 saturated heterocycles. The first-order valence-electron chi connectivity index (χ1n) is 9.24. The number of sulfonamides is 1. The number of hydrogen-bond acceptors (Lipinski definition) is 5. The molecule has 2 aromatic rings. The molecule has 1 aliphatic carbocycles. The molecule has 0 radical (unpaired) electrons. The van der Waals surface area contributed by atoms with Crippen LogP contribution >= 0.6 is 0 Å². The zero-order chi connectivity index (χ0) is 20.6. The molecule has 152 valence electrons. The maximum absolute atomic E-state index is 13.2. The van der Waals surface area contributed by atoms with Crippen LogP contribution in [-0.2, 0) is 14.8 Å². The Balaban J connectivity index is 1.51. The number of nitrogens with one attached hydrogen (secondary N) is 1. The minimum atomic E-state index is -3.82. The monoisotopic (exact) mass is 414 g/mol. The summed E-state index contributed by atoms with van der Waals surface area (Å²) in [6.45, 7) is 4.28. The second-order valence-electron chi connectivity index (χ2n) is 7.10. The quantitative estimate of drug-likeness (QED) is 0.705. The van der Waals surface area contributed by atoms with Gasteiger partial charge >= 0.3 is 0 Å². The maximum Gasteiger partial charge on any atom is 0.250 e. The Morgan fingerprint density at radius 3 is 2.48 bits per heavy atom. The van der Waals surface area contributed by atoms with E-state index in [1.54, 1.807) is 61.7 Å². The molecule has 2 aliphatic rings. The van der Waals surface area contributed by atoms with Crippen molar-refractivity contribution in [2.45, 2.75) is 11.2 Å². The van der Waals surface area contributed by atoms with Crippen LogP contribution in [-0.4, -0.2) is 39.3 Å². The van der Waals surface area contributed by atoms with Crippen molar-refractivity contribution in [3.63, 3.8) is 0 Å². The lowest BCUT2D eigenvalue weighted by Gasteiger charge is -2.23. The summed E-state index contributed by atoms with van der Waals surface area (Å²) in [6.07, 6.45) is 1.98. The molecule has 1 aliphatic heterocycles. The highest BCUT2D eigenvalue weighted by Gasteiger charge is 2.75. The Bertz CT molecular complexity index is 1030. The topological polar surface area (TPSA) is 84.9 Å². The number of anilines is 2. The Morgan fingerprint density at radius 2 is 1.86 bits per heavy atom. The summed E-state index contributed by atoms with van der Waals surface area (Å²) < 4.78 is 36.9. The highest BCUT2D eigenvalue weighted by molar-refractivity contribution is 7.95. The van der Waals surface area contributed by atoms with Crippen molar-refractivity contribution in [1.82, 2.24) is 0 Å². The third kappa shape index (κ3) is 3.13. The third-order valence-electron chi connectivity index (χ3n) is 5.41. The van der Waals surface area contributed by atoms with Crippen LogP contribution in [0.2, 0.25) is 0 Å². The van der Waals surface area contributed by atoms with E-state index in [0.29, 0.717) is 42.4 Å². The third-order valence-corrected chi connectivity index (χ3v) is 7.96. The Morgan fingerprint density at radius 1 is 1.21 bits per heavy atom. The summed E-state index contributed by atoms with van der Waals surface area (Å²) in [4.78, 5) is 12.9. The van der Waals surface area contributed by atoms with Gasteiger partial charge in [0.2, 0.25) is 15.9 Å². The van der Waals surface area contributed by atoms with E-state index in [2.05, 4.69) is 11.9 Å². The van der Waals surface area contributed by atoms with E-state index in [1.165, 1.54) is 4.31 Å². The zero-order valence-corrected chi connectivity index (χ0v) is 16.8. The van der Waals surface area contributed by atoms with Gasteiger partial charge in [-0.1, -0.05) is 12.7 Å². The molecule has 7 nitrogen and oxygen atoms in total. The van der Waals surface area contributed by atoms with E-state index in [4.69, 9.17) is 9.47 Å². The van der Waals surface area contributed by atoms with Gasteiger partial charge in [-0.25, -0.2) is 8.42 Å².